The zero-order valence-corrected chi connectivity index (χ0v) is 18.9. The average Bonchev–Trinajstić information content (AvgIpc) is 3.25. The van der Waals surface area contributed by atoms with Gasteiger partial charge in [0, 0.05) is 12.1 Å². The number of carbonyl (C=O) groups is 2. The van der Waals surface area contributed by atoms with Crippen molar-refractivity contribution >= 4 is 29.1 Å². The van der Waals surface area contributed by atoms with Crippen molar-refractivity contribution < 1.29 is 23.8 Å². The fourth-order valence-electron chi connectivity index (χ4n) is 3.64. The molecule has 1 aromatic carbocycles. The predicted molar refractivity (Wildman–Crippen MR) is 118 cm³/mol. The molecule has 1 aromatic heterocycles. The van der Waals surface area contributed by atoms with E-state index in [0.29, 0.717) is 47.4 Å². The van der Waals surface area contributed by atoms with Crippen molar-refractivity contribution in [1.29, 1.82) is 0 Å². The Kier molecular flexibility index (Phi) is 7.08. The van der Waals surface area contributed by atoms with Crippen molar-refractivity contribution in [2.75, 3.05) is 33.8 Å². The molecule has 0 unspecified atom stereocenters. The summed E-state index contributed by atoms with van der Waals surface area (Å²) in [6.45, 7) is 5.18. The number of benzene rings is 1. The normalized spacial score (nSPS) is 18.3. The Labute approximate surface area is 186 Å². The summed E-state index contributed by atoms with van der Waals surface area (Å²) in [6.07, 6.45) is 0.672. The Morgan fingerprint density at radius 1 is 1.26 bits per heavy atom. The van der Waals surface area contributed by atoms with E-state index < -0.39 is 17.7 Å². The van der Waals surface area contributed by atoms with Gasteiger partial charge in [-0.3, -0.25) is 9.59 Å². The van der Waals surface area contributed by atoms with Crippen LogP contribution in [-0.2, 0) is 9.59 Å². The highest BCUT2D eigenvalue weighted by Gasteiger charge is 2.47. The molecule has 1 N–H and O–H groups in total. The Bertz CT molecular complexity index is 1010. The lowest BCUT2D eigenvalue weighted by atomic mass is 9.99. The Morgan fingerprint density at radius 2 is 2.00 bits per heavy atom. The lowest BCUT2D eigenvalue weighted by molar-refractivity contribution is -0.140. The maximum absolute atomic E-state index is 13.0. The van der Waals surface area contributed by atoms with Gasteiger partial charge in [0.25, 0.3) is 11.7 Å². The number of nitrogens with zero attached hydrogens (tertiary/aromatic N) is 2. The van der Waals surface area contributed by atoms with Crippen LogP contribution in [0.4, 0.5) is 0 Å². The second-order valence-corrected chi connectivity index (χ2v) is 8.08. The van der Waals surface area contributed by atoms with Gasteiger partial charge in [-0.05, 0) is 71.2 Å². The summed E-state index contributed by atoms with van der Waals surface area (Å²) < 4.78 is 11.2. The third-order valence-corrected chi connectivity index (χ3v) is 5.38. The minimum atomic E-state index is -0.804. The van der Waals surface area contributed by atoms with Gasteiger partial charge in [-0.15, -0.1) is 0 Å². The van der Waals surface area contributed by atoms with Crippen molar-refractivity contribution in [1.82, 2.24) is 9.80 Å². The summed E-state index contributed by atoms with van der Waals surface area (Å²) >= 11 is 6.26. The van der Waals surface area contributed by atoms with Crippen LogP contribution in [0.25, 0.3) is 5.76 Å². The zero-order chi connectivity index (χ0) is 22.7. The maximum atomic E-state index is 13.0. The van der Waals surface area contributed by atoms with Gasteiger partial charge in [0.05, 0.1) is 17.2 Å². The topological polar surface area (TPSA) is 83.2 Å². The predicted octanol–water partition coefficient (Wildman–Crippen LogP) is 4.01. The first kappa shape index (κ1) is 22.9. The molecule has 1 saturated heterocycles. The Balaban J connectivity index is 2.06. The first-order valence-corrected chi connectivity index (χ1v) is 10.5. The lowest BCUT2D eigenvalue weighted by Crippen LogP contribution is -2.32. The first-order valence-electron chi connectivity index (χ1n) is 10.2. The van der Waals surface area contributed by atoms with Crippen LogP contribution in [0.2, 0.25) is 5.02 Å². The third-order valence-electron chi connectivity index (χ3n) is 5.08. The molecule has 166 valence electrons. The van der Waals surface area contributed by atoms with Gasteiger partial charge in [-0.25, -0.2) is 0 Å². The maximum Gasteiger partial charge on any atom is 0.295 e. The third kappa shape index (κ3) is 4.78. The van der Waals surface area contributed by atoms with Gasteiger partial charge in [-0.2, -0.15) is 0 Å². The lowest BCUT2D eigenvalue weighted by Gasteiger charge is -2.24. The Hall–Kier alpha value is -2.77. The molecule has 1 aliphatic heterocycles. The van der Waals surface area contributed by atoms with Crippen LogP contribution in [-0.4, -0.2) is 60.4 Å². The summed E-state index contributed by atoms with van der Waals surface area (Å²) in [5.74, 6) is -0.138. The Morgan fingerprint density at radius 3 is 2.58 bits per heavy atom. The number of halogens is 1. The first-order chi connectivity index (χ1) is 14.7. The molecule has 0 aliphatic carbocycles. The van der Waals surface area contributed by atoms with Gasteiger partial charge in [0.1, 0.15) is 29.1 Å². The number of ketones is 1. The molecule has 2 aromatic rings. The molecule has 0 spiro atoms. The summed E-state index contributed by atoms with van der Waals surface area (Å²) in [5, 5.41) is 11.4. The molecule has 3 rings (SSSR count). The molecule has 31 heavy (non-hydrogen) atoms. The van der Waals surface area contributed by atoms with Crippen molar-refractivity contribution in [3.05, 3.63) is 58.0 Å². The van der Waals surface area contributed by atoms with E-state index in [1.54, 1.807) is 31.2 Å². The number of furan rings is 1. The van der Waals surface area contributed by atoms with Gasteiger partial charge in [0.2, 0.25) is 0 Å². The molecule has 0 saturated carbocycles. The van der Waals surface area contributed by atoms with E-state index in [1.807, 2.05) is 25.9 Å². The average molecular weight is 447 g/mol. The molecule has 1 fully saturated rings. The molecule has 7 nitrogen and oxygen atoms in total. The summed E-state index contributed by atoms with van der Waals surface area (Å²) in [7, 11) is 3.88. The molecular formula is C23H27ClN2O5. The van der Waals surface area contributed by atoms with E-state index in [2.05, 4.69) is 0 Å². The van der Waals surface area contributed by atoms with Crippen LogP contribution >= 0.6 is 11.6 Å². The number of aliphatic hydroxyl groups excluding tert-OH is 1. The van der Waals surface area contributed by atoms with Crippen LogP contribution in [0.15, 0.2) is 40.3 Å². The molecule has 1 aliphatic rings. The largest absolute Gasteiger partial charge is 0.507 e. The van der Waals surface area contributed by atoms with Crippen LogP contribution in [0.5, 0.6) is 5.75 Å². The van der Waals surface area contributed by atoms with Gasteiger partial charge >= 0.3 is 0 Å². The second kappa shape index (κ2) is 9.58. The van der Waals surface area contributed by atoms with Crippen molar-refractivity contribution in [3.63, 3.8) is 0 Å². The minimum Gasteiger partial charge on any atom is -0.507 e. The number of aryl methyl sites for hydroxylation is 1. The van der Waals surface area contributed by atoms with Crippen molar-refractivity contribution in [2.24, 2.45) is 0 Å². The van der Waals surface area contributed by atoms with E-state index in [-0.39, 0.29) is 11.3 Å². The minimum absolute atomic E-state index is 0.00979. The van der Waals surface area contributed by atoms with E-state index >= 15 is 0 Å². The number of hydrogen-bond donors (Lipinski definition) is 1. The van der Waals surface area contributed by atoms with E-state index in [0.717, 1.165) is 6.54 Å². The second-order valence-electron chi connectivity index (χ2n) is 7.68. The molecule has 0 radical (unpaired) electrons. The molecule has 8 heteroatoms. The van der Waals surface area contributed by atoms with E-state index in [1.165, 1.54) is 11.0 Å². The number of Topliss-reactive ketones (excluding diaryl/α,β-unsaturated/α-hetero) is 1. The monoisotopic (exact) mass is 446 g/mol. The van der Waals surface area contributed by atoms with Crippen LogP contribution < -0.4 is 4.74 Å². The van der Waals surface area contributed by atoms with Gasteiger partial charge in [0.15, 0.2) is 0 Å². The number of likely N-dealkylation sites (tertiary alicyclic amines) is 1. The number of carbonyl (C=O) groups excluding carboxylic acids is 2. The van der Waals surface area contributed by atoms with Crippen molar-refractivity contribution in [2.45, 2.75) is 26.3 Å². The van der Waals surface area contributed by atoms with Crippen LogP contribution in [0.1, 0.15) is 36.5 Å². The highest BCUT2D eigenvalue weighted by molar-refractivity contribution is 6.46. The standard InChI is InChI=1S/C23H27ClN2O5/c1-5-30-17-10-8-15(13-16(17)24)21(27)19-20(18-9-7-14(2)31-18)26(23(29)22(19)28)12-6-11-25(3)4/h7-10,13,20,27H,5-6,11-12H2,1-4H3/b21-19+/t20-/m1/s1. The smallest absolute Gasteiger partial charge is 0.295 e. The number of aliphatic hydroxyl groups is 1. The SMILES string of the molecule is CCOc1ccc(/C(O)=C2\C(=O)C(=O)N(CCCN(C)C)[C@@H]2c2ccc(C)o2)cc1Cl. The van der Waals surface area contributed by atoms with Crippen LogP contribution in [0, 0.1) is 6.92 Å². The molecule has 0 bridgehead atoms. The quantitative estimate of drug-likeness (QED) is 0.374. The molecular weight excluding hydrogens is 420 g/mol. The molecule has 1 amide bonds. The van der Waals surface area contributed by atoms with E-state index in [9.17, 15) is 14.7 Å². The fraction of sp³-hybridized carbons (Fsp3) is 0.391. The number of amides is 1. The number of ether oxygens (including phenoxy) is 1. The van der Waals surface area contributed by atoms with Crippen molar-refractivity contribution in [3.8, 4) is 5.75 Å². The highest BCUT2D eigenvalue weighted by Crippen LogP contribution is 2.40. The summed E-state index contributed by atoms with van der Waals surface area (Å²) in [4.78, 5) is 29.3. The number of hydrogen-bond acceptors (Lipinski definition) is 6. The van der Waals surface area contributed by atoms with Gasteiger partial charge < -0.3 is 24.1 Å². The van der Waals surface area contributed by atoms with Gasteiger partial charge in [-0.1, -0.05) is 11.6 Å². The highest BCUT2D eigenvalue weighted by atomic mass is 35.5. The summed E-state index contributed by atoms with van der Waals surface area (Å²) in [5.41, 5.74) is 0.317. The zero-order valence-electron chi connectivity index (χ0n) is 18.1. The summed E-state index contributed by atoms with van der Waals surface area (Å²) in [6, 6.07) is 7.44. The van der Waals surface area contributed by atoms with E-state index in [4.69, 9.17) is 20.8 Å². The van der Waals surface area contributed by atoms with Crippen LogP contribution in [0.3, 0.4) is 0 Å². The fourth-order valence-corrected chi connectivity index (χ4v) is 3.88. The molecule has 2 heterocycles. The number of rotatable bonds is 8. The molecule has 1 atom stereocenters.